The number of carbonyl (C=O) groups is 1. The van der Waals surface area contributed by atoms with E-state index in [2.05, 4.69) is 10.3 Å². The number of rotatable bonds is 5. The fourth-order valence-electron chi connectivity index (χ4n) is 2.59. The fourth-order valence-corrected chi connectivity index (χ4v) is 2.59. The van der Waals surface area contributed by atoms with Crippen LogP contribution in [0.5, 0.6) is 0 Å². The van der Waals surface area contributed by atoms with Gasteiger partial charge in [0.25, 0.3) is 5.91 Å². The van der Waals surface area contributed by atoms with Gasteiger partial charge in [0.05, 0.1) is 5.69 Å². The lowest BCUT2D eigenvalue weighted by atomic mass is 10.1. The molecule has 5 nitrogen and oxygen atoms in total. The van der Waals surface area contributed by atoms with Crippen molar-refractivity contribution < 1.29 is 9.90 Å². The van der Waals surface area contributed by atoms with Gasteiger partial charge in [-0.3, -0.25) is 4.79 Å². The van der Waals surface area contributed by atoms with Crippen LogP contribution in [0.4, 0.5) is 0 Å². The molecule has 2 aromatic carbocycles. The van der Waals surface area contributed by atoms with E-state index in [4.69, 9.17) is 0 Å². The van der Waals surface area contributed by atoms with E-state index in [-0.39, 0.29) is 0 Å². The van der Waals surface area contributed by atoms with Crippen LogP contribution in [0.3, 0.4) is 0 Å². The van der Waals surface area contributed by atoms with Crippen LogP contribution in [-0.2, 0) is 11.3 Å². The summed E-state index contributed by atoms with van der Waals surface area (Å²) >= 11 is 0. The number of aryl methyl sites for hydroxylation is 1. The molecule has 3 rings (SSSR count). The molecule has 1 aromatic heterocycles. The first-order valence-corrected chi connectivity index (χ1v) is 7.76. The van der Waals surface area contributed by atoms with Gasteiger partial charge in [0.1, 0.15) is 5.82 Å². The molecule has 0 spiro atoms. The molecule has 3 aromatic rings. The first-order chi connectivity index (χ1) is 11.7. The van der Waals surface area contributed by atoms with Crippen LogP contribution in [0, 0.1) is 6.92 Å². The lowest BCUT2D eigenvalue weighted by molar-refractivity contribution is -0.129. The highest BCUT2D eigenvalue weighted by Gasteiger charge is 2.17. The summed E-state index contributed by atoms with van der Waals surface area (Å²) < 4.78 is 1.97. The van der Waals surface area contributed by atoms with Crippen molar-refractivity contribution in [3.8, 4) is 5.69 Å². The van der Waals surface area contributed by atoms with Gasteiger partial charge in [0.2, 0.25) is 0 Å². The van der Waals surface area contributed by atoms with E-state index >= 15 is 0 Å². The minimum absolute atomic E-state index is 0.330. The Morgan fingerprint density at radius 1 is 1.17 bits per heavy atom. The summed E-state index contributed by atoms with van der Waals surface area (Å²) in [5, 5.41) is 12.9. The van der Waals surface area contributed by atoms with Crippen molar-refractivity contribution in [1.82, 2.24) is 14.9 Å². The van der Waals surface area contributed by atoms with E-state index < -0.39 is 12.0 Å². The first kappa shape index (κ1) is 16.0. The molecule has 0 unspecified atom stereocenters. The zero-order valence-electron chi connectivity index (χ0n) is 13.4. The van der Waals surface area contributed by atoms with Crippen LogP contribution in [0.2, 0.25) is 0 Å². The highest BCUT2D eigenvalue weighted by molar-refractivity contribution is 5.81. The Labute approximate surface area is 140 Å². The maximum Gasteiger partial charge on any atom is 0.253 e. The maximum atomic E-state index is 12.2. The Morgan fingerprint density at radius 2 is 1.88 bits per heavy atom. The Kier molecular flexibility index (Phi) is 4.72. The van der Waals surface area contributed by atoms with Crippen LogP contribution in [-0.4, -0.2) is 20.6 Å². The monoisotopic (exact) mass is 321 g/mol. The van der Waals surface area contributed by atoms with Crippen molar-refractivity contribution in [1.29, 1.82) is 0 Å². The van der Waals surface area contributed by atoms with Crippen molar-refractivity contribution >= 4 is 5.91 Å². The predicted molar refractivity (Wildman–Crippen MR) is 91.5 cm³/mol. The largest absolute Gasteiger partial charge is 0.378 e. The average Bonchev–Trinajstić information content (AvgIpc) is 3.06. The number of nitrogens with one attached hydrogen (secondary N) is 1. The zero-order valence-corrected chi connectivity index (χ0v) is 13.4. The SMILES string of the molecule is Cc1nccn1-c1ccccc1CNC(=O)[C@@H](O)c1ccccc1. The minimum atomic E-state index is -1.17. The van der Waals surface area contributed by atoms with E-state index in [0.29, 0.717) is 12.1 Å². The molecule has 0 saturated heterocycles. The van der Waals surface area contributed by atoms with Crippen LogP contribution in [0.15, 0.2) is 67.0 Å². The summed E-state index contributed by atoms with van der Waals surface area (Å²) in [4.78, 5) is 16.4. The number of aromatic nitrogens is 2. The molecule has 0 fully saturated rings. The Balaban J connectivity index is 1.74. The summed E-state index contributed by atoms with van der Waals surface area (Å²) in [6, 6.07) is 16.7. The first-order valence-electron chi connectivity index (χ1n) is 7.76. The van der Waals surface area contributed by atoms with Crippen molar-refractivity contribution in [2.24, 2.45) is 0 Å². The molecule has 122 valence electrons. The molecule has 0 radical (unpaired) electrons. The average molecular weight is 321 g/mol. The van der Waals surface area contributed by atoms with Gasteiger partial charge in [-0.1, -0.05) is 48.5 Å². The van der Waals surface area contributed by atoms with E-state index in [1.54, 1.807) is 30.5 Å². The summed E-state index contributed by atoms with van der Waals surface area (Å²) in [5.74, 6) is 0.455. The van der Waals surface area contributed by atoms with Gasteiger partial charge in [-0.25, -0.2) is 4.98 Å². The van der Waals surface area contributed by atoms with Gasteiger partial charge in [0, 0.05) is 18.9 Å². The Morgan fingerprint density at radius 3 is 2.58 bits per heavy atom. The number of aliphatic hydroxyl groups is 1. The molecule has 0 saturated carbocycles. The van der Waals surface area contributed by atoms with Crippen LogP contribution in [0.25, 0.3) is 5.69 Å². The van der Waals surface area contributed by atoms with Gasteiger partial charge < -0.3 is 15.0 Å². The van der Waals surface area contributed by atoms with Gasteiger partial charge >= 0.3 is 0 Å². The van der Waals surface area contributed by atoms with E-state index in [1.807, 2.05) is 48.0 Å². The molecular formula is C19H19N3O2. The van der Waals surface area contributed by atoms with Crippen molar-refractivity contribution in [2.75, 3.05) is 0 Å². The molecule has 1 heterocycles. The van der Waals surface area contributed by atoms with E-state index in [1.165, 1.54) is 0 Å². The third-order valence-corrected chi connectivity index (χ3v) is 3.89. The second-order valence-corrected chi connectivity index (χ2v) is 5.50. The lowest BCUT2D eigenvalue weighted by Gasteiger charge is -2.15. The van der Waals surface area contributed by atoms with Crippen molar-refractivity contribution in [3.05, 3.63) is 83.9 Å². The molecule has 2 N–H and O–H groups in total. The van der Waals surface area contributed by atoms with Gasteiger partial charge in [0.15, 0.2) is 6.10 Å². The number of carbonyl (C=O) groups excluding carboxylic acids is 1. The highest BCUT2D eigenvalue weighted by Crippen LogP contribution is 2.17. The predicted octanol–water partition coefficient (Wildman–Crippen LogP) is 2.53. The number of hydrogen-bond acceptors (Lipinski definition) is 3. The third-order valence-electron chi connectivity index (χ3n) is 3.89. The molecule has 0 aliphatic heterocycles. The second-order valence-electron chi connectivity index (χ2n) is 5.50. The van der Waals surface area contributed by atoms with E-state index in [0.717, 1.165) is 17.1 Å². The molecular weight excluding hydrogens is 302 g/mol. The zero-order chi connectivity index (χ0) is 16.9. The number of hydrogen-bond donors (Lipinski definition) is 2. The van der Waals surface area contributed by atoms with Crippen LogP contribution >= 0.6 is 0 Å². The fraction of sp³-hybridized carbons (Fsp3) is 0.158. The Bertz CT molecular complexity index is 827. The van der Waals surface area contributed by atoms with Crippen LogP contribution in [0.1, 0.15) is 23.1 Å². The standard InChI is InChI=1S/C19H19N3O2/c1-14-20-11-12-22(14)17-10-6-5-9-16(17)13-21-19(24)18(23)15-7-3-2-4-8-15/h2-12,18,23H,13H2,1H3,(H,21,24)/t18-/m0/s1. The van der Waals surface area contributed by atoms with Crippen molar-refractivity contribution in [2.45, 2.75) is 19.6 Å². The normalized spacial score (nSPS) is 11.9. The summed E-state index contributed by atoms with van der Waals surface area (Å²) in [5.41, 5.74) is 2.49. The number of amides is 1. The van der Waals surface area contributed by atoms with E-state index in [9.17, 15) is 9.90 Å². The third kappa shape index (κ3) is 3.36. The van der Waals surface area contributed by atoms with Gasteiger partial charge in [-0.15, -0.1) is 0 Å². The van der Waals surface area contributed by atoms with Crippen molar-refractivity contribution in [3.63, 3.8) is 0 Å². The molecule has 1 atom stereocenters. The molecule has 0 aliphatic rings. The quantitative estimate of drug-likeness (QED) is 0.759. The Hall–Kier alpha value is -2.92. The lowest BCUT2D eigenvalue weighted by Crippen LogP contribution is -2.29. The number of para-hydroxylation sites is 1. The maximum absolute atomic E-state index is 12.2. The minimum Gasteiger partial charge on any atom is -0.378 e. The van der Waals surface area contributed by atoms with Crippen LogP contribution < -0.4 is 5.32 Å². The molecule has 1 amide bonds. The summed E-state index contributed by atoms with van der Waals surface area (Å²) in [6.07, 6.45) is 2.45. The number of nitrogens with zero attached hydrogens (tertiary/aromatic N) is 2. The molecule has 0 aliphatic carbocycles. The van der Waals surface area contributed by atoms with Gasteiger partial charge in [-0.2, -0.15) is 0 Å². The number of aliphatic hydroxyl groups excluding tert-OH is 1. The molecule has 24 heavy (non-hydrogen) atoms. The smallest absolute Gasteiger partial charge is 0.253 e. The number of imidazole rings is 1. The summed E-state index contributed by atoms with van der Waals surface area (Å²) in [6.45, 7) is 2.25. The summed E-state index contributed by atoms with van der Waals surface area (Å²) in [7, 11) is 0. The highest BCUT2D eigenvalue weighted by atomic mass is 16.3. The number of benzene rings is 2. The topological polar surface area (TPSA) is 67.2 Å². The molecule has 5 heteroatoms. The molecule has 0 bridgehead atoms. The van der Waals surface area contributed by atoms with Gasteiger partial charge in [-0.05, 0) is 24.1 Å². The second kappa shape index (κ2) is 7.10.